The molecule has 0 heterocycles. The molecule has 0 aliphatic heterocycles. The zero-order chi connectivity index (χ0) is 13.0. The lowest BCUT2D eigenvalue weighted by Crippen LogP contribution is -2.26. The number of halogens is 1. The maximum Gasteiger partial charge on any atom is 0.217 e. The molecule has 2 rings (SSSR count). The van der Waals surface area contributed by atoms with Crippen molar-refractivity contribution >= 4 is 21.8 Å². The largest absolute Gasteiger partial charge is 0.345 e. The molecule has 0 unspecified atom stereocenters. The summed E-state index contributed by atoms with van der Waals surface area (Å²) in [6, 6.07) is 17.8. The van der Waals surface area contributed by atoms with E-state index in [-0.39, 0.29) is 11.9 Å². The Bertz CT molecular complexity index is 522. The number of hydrogen-bond acceptors (Lipinski definition) is 1. The van der Waals surface area contributed by atoms with Gasteiger partial charge in [-0.2, -0.15) is 0 Å². The fraction of sp³-hybridized carbons (Fsp3) is 0.133. The van der Waals surface area contributed by atoms with Crippen LogP contribution >= 0.6 is 15.9 Å². The minimum atomic E-state index is -0.100. The zero-order valence-corrected chi connectivity index (χ0v) is 11.6. The molecule has 0 aliphatic rings. The Morgan fingerprint density at radius 2 is 1.56 bits per heavy atom. The Labute approximate surface area is 115 Å². The SMILES string of the molecule is CC(=O)N[C@H](c1ccccc1)c1ccc(Br)cc1. The van der Waals surface area contributed by atoms with Gasteiger partial charge in [0.15, 0.2) is 0 Å². The van der Waals surface area contributed by atoms with Gasteiger partial charge in [0.1, 0.15) is 0 Å². The lowest BCUT2D eigenvalue weighted by Gasteiger charge is -2.19. The molecule has 0 aromatic heterocycles. The molecular weight excluding hydrogens is 290 g/mol. The summed E-state index contributed by atoms with van der Waals surface area (Å²) in [6.45, 7) is 1.54. The topological polar surface area (TPSA) is 29.1 Å². The number of nitrogens with one attached hydrogen (secondary N) is 1. The van der Waals surface area contributed by atoms with Crippen molar-refractivity contribution in [3.63, 3.8) is 0 Å². The van der Waals surface area contributed by atoms with E-state index in [4.69, 9.17) is 0 Å². The molecule has 0 aliphatic carbocycles. The van der Waals surface area contributed by atoms with Crippen molar-refractivity contribution in [3.05, 3.63) is 70.2 Å². The average molecular weight is 304 g/mol. The van der Waals surface area contributed by atoms with E-state index in [1.165, 1.54) is 6.92 Å². The van der Waals surface area contributed by atoms with Crippen LogP contribution in [-0.4, -0.2) is 5.91 Å². The normalized spacial score (nSPS) is 11.9. The highest BCUT2D eigenvalue weighted by Gasteiger charge is 2.14. The van der Waals surface area contributed by atoms with Crippen LogP contribution in [0.3, 0.4) is 0 Å². The van der Waals surface area contributed by atoms with Crippen LogP contribution in [0.25, 0.3) is 0 Å². The molecule has 1 amide bonds. The predicted octanol–water partition coefficient (Wildman–Crippen LogP) is 3.67. The van der Waals surface area contributed by atoms with E-state index in [1.54, 1.807) is 0 Å². The first-order valence-electron chi connectivity index (χ1n) is 5.74. The monoisotopic (exact) mass is 303 g/mol. The summed E-state index contributed by atoms with van der Waals surface area (Å²) in [4.78, 5) is 11.3. The number of amides is 1. The van der Waals surface area contributed by atoms with Crippen LogP contribution in [0.5, 0.6) is 0 Å². The zero-order valence-electron chi connectivity index (χ0n) is 10.1. The van der Waals surface area contributed by atoms with E-state index < -0.39 is 0 Å². The molecule has 0 spiro atoms. The second-order valence-electron chi connectivity index (χ2n) is 4.10. The van der Waals surface area contributed by atoms with E-state index in [9.17, 15) is 4.79 Å². The minimum Gasteiger partial charge on any atom is -0.345 e. The lowest BCUT2D eigenvalue weighted by molar-refractivity contribution is -0.119. The summed E-state index contributed by atoms with van der Waals surface area (Å²) < 4.78 is 1.03. The first-order valence-corrected chi connectivity index (χ1v) is 6.53. The Hall–Kier alpha value is -1.61. The Morgan fingerprint density at radius 1 is 1.00 bits per heavy atom. The smallest absolute Gasteiger partial charge is 0.217 e. The molecule has 0 bridgehead atoms. The average Bonchev–Trinajstić information content (AvgIpc) is 2.38. The summed E-state index contributed by atoms with van der Waals surface area (Å²) >= 11 is 3.41. The van der Waals surface area contributed by atoms with Crippen LogP contribution in [0.1, 0.15) is 24.1 Å². The quantitative estimate of drug-likeness (QED) is 0.921. The van der Waals surface area contributed by atoms with Crippen molar-refractivity contribution in [2.24, 2.45) is 0 Å². The standard InChI is InChI=1S/C15H14BrNO/c1-11(18)17-15(12-5-3-2-4-6-12)13-7-9-14(16)10-8-13/h2-10,15H,1H3,(H,17,18)/t15-/m1/s1. The first kappa shape index (κ1) is 12.8. The fourth-order valence-electron chi connectivity index (χ4n) is 1.86. The number of rotatable bonds is 3. The van der Waals surface area contributed by atoms with Crippen molar-refractivity contribution in [2.45, 2.75) is 13.0 Å². The van der Waals surface area contributed by atoms with Crippen molar-refractivity contribution in [3.8, 4) is 0 Å². The number of hydrogen-bond donors (Lipinski definition) is 1. The molecule has 0 fully saturated rings. The fourth-order valence-corrected chi connectivity index (χ4v) is 2.13. The maximum atomic E-state index is 11.3. The van der Waals surface area contributed by atoms with Gasteiger partial charge in [0.05, 0.1) is 6.04 Å². The van der Waals surface area contributed by atoms with Gasteiger partial charge < -0.3 is 5.32 Å². The molecular formula is C15H14BrNO. The van der Waals surface area contributed by atoms with Gasteiger partial charge in [-0.25, -0.2) is 0 Å². The summed E-state index contributed by atoms with van der Waals surface area (Å²) in [5.41, 5.74) is 2.15. The van der Waals surface area contributed by atoms with Gasteiger partial charge in [0, 0.05) is 11.4 Å². The molecule has 18 heavy (non-hydrogen) atoms. The van der Waals surface area contributed by atoms with Crippen LogP contribution in [0.2, 0.25) is 0 Å². The van der Waals surface area contributed by atoms with E-state index in [0.29, 0.717) is 0 Å². The Morgan fingerprint density at radius 3 is 2.11 bits per heavy atom. The molecule has 2 nitrogen and oxygen atoms in total. The van der Waals surface area contributed by atoms with Crippen LogP contribution in [0.15, 0.2) is 59.1 Å². The van der Waals surface area contributed by atoms with Gasteiger partial charge in [-0.05, 0) is 23.3 Å². The van der Waals surface area contributed by atoms with Gasteiger partial charge in [-0.1, -0.05) is 58.4 Å². The molecule has 1 atom stereocenters. The summed E-state index contributed by atoms with van der Waals surface area (Å²) in [7, 11) is 0. The Kier molecular flexibility index (Phi) is 4.15. The second-order valence-corrected chi connectivity index (χ2v) is 5.01. The molecule has 0 saturated heterocycles. The number of carbonyl (C=O) groups excluding carboxylic acids is 1. The van der Waals surface area contributed by atoms with Crippen molar-refractivity contribution in [2.75, 3.05) is 0 Å². The van der Waals surface area contributed by atoms with Gasteiger partial charge in [0.25, 0.3) is 0 Å². The maximum absolute atomic E-state index is 11.3. The Balaban J connectivity index is 2.36. The summed E-state index contributed by atoms with van der Waals surface area (Å²) in [6.07, 6.45) is 0. The van der Waals surface area contributed by atoms with Crippen molar-refractivity contribution in [1.82, 2.24) is 5.32 Å². The van der Waals surface area contributed by atoms with E-state index in [2.05, 4.69) is 21.2 Å². The predicted molar refractivity (Wildman–Crippen MR) is 76.2 cm³/mol. The second kappa shape index (κ2) is 5.83. The highest BCUT2D eigenvalue weighted by molar-refractivity contribution is 9.10. The highest BCUT2D eigenvalue weighted by atomic mass is 79.9. The molecule has 2 aromatic carbocycles. The van der Waals surface area contributed by atoms with E-state index in [0.717, 1.165) is 15.6 Å². The molecule has 0 saturated carbocycles. The summed E-state index contributed by atoms with van der Waals surface area (Å²) in [5.74, 6) is -0.0354. The minimum absolute atomic E-state index is 0.0354. The van der Waals surface area contributed by atoms with Crippen LogP contribution in [0.4, 0.5) is 0 Å². The molecule has 92 valence electrons. The van der Waals surface area contributed by atoms with Crippen molar-refractivity contribution < 1.29 is 4.79 Å². The lowest BCUT2D eigenvalue weighted by atomic mass is 9.99. The third-order valence-corrected chi connectivity index (χ3v) is 3.21. The van der Waals surface area contributed by atoms with E-state index >= 15 is 0 Å². The van der Waals surface area contributed by atoms with Crippen LogP contribution < -0.4 is 5.32 Å². The number of benzene rings is 2. The van der Waals surface area contributed by atoms with Gasteiger partial charge >= 0.3 is 0 Å². The first-order chi connectivity index (χ1) is 8.66. The van der Waals surface area contributed by atoms with Gasteiger partial charge in [-0.15, -0.1) is 0 Å². The highest BCUT2D eigenvalue weighted by Crippen LogP contribution is 2.23. The summed E-state index contributed by atoms with van der Waals surface area (Å²) in [5, 5.41) is 2.98. The molecule has 1 N–H and O–H groups in total. The third kappa shape index (κ3) is 3.20. The van der Waals surface area contributed by atoms with Crippen LogP contribution in [-0.2, 0) is 4.79 Å². The van der Waals surface area contributed by atoms with E-state index in [1.807, 2.05) is 54.6 Å². The molecule has 0 radical (unpaired) electrons. The number of carbonyl (C=O) groups is 1. The third-order valence-electron chi connectivity index (χ3n) is 2.68. The molecule has 2 aromatic rings. The van der Waals surface area contributed by atoms with Gasteiger partial charge in [-0.3, -0.25) is 4.79 Å². The van der Waals surface area contributed by atoms with Crippen LogP contribution in [0, 0.1) is 0 Å². The van der Waals surface area contributed by atoms with Gasteiger partial charge in [0.2, 0.25) is 5.91 Å². The van der Waals surface area contributed by atoms with Crippen molar-refractivity contribution in [1.29, 1.82) is 0 Å². The molecule has 3 heteroatoms.